The van der Waals surface area contributed by atoms with Crippen LogP contribution >= 0.6 is 11.8 Å². The SMILES string of the molecule is CC1CN(S(=O)(=O)c2ccc(CN)cc2F)CC(C)S1. The zero-order valence-electron chi connectivity index (χ0n) is 11.5. The van der Waals surface area contributed by atoms with E-state index >= 15 is 0 Å². The first-order valence-corrected chi connectivity index (χ1v) is 8.87. The Balaban J connectivity index is 2.35. The number of nitrogens with zero attached hydrogens (tertiary/aromatic N) is 1. The van der Waals surface area contributed by atoms with Crippen molar-refractivity contribution in [1.82, 2.24) is 4.31 Å². The molecule has 2 unspecified atom stereocenters. The number of benzene rings is 1. The maximum absolute atomic E-state index is 14.0. The zero-order chi connectivity index (χ0) is 14.9. The summed E-state index contributed by atoms with van der Waals surface area (Å²) in [5, 5.41) is 0.416. The molecule has 1 aliphatic heterocycles. The van der Waals surface area contributed by atoms with Crippen LogP contribution in [-0.2, 0) is 16.6 Å². The second kappa shape index (κ2) is 6.01. The molecular formula is C13H19FN2O2S2. The van der Waals surface area contributed by atoms with Crippen LogP contribution in [0.2, 0.25) is 0 Å². The predicted molar refractivity (Wildman–Crippen MR) is 79.6 cm³/mol. The van der Waals surface area contributed by atoms with Gasteiger partial charge in [0.05, 0.1) is 0 Å². The van der Waals surface area contributed by atoms with Gasteiger partial charge in [-0.3, -0.25) is 0 Å². The van der Waals surface area contributed by atoms with Crippen LogP contribution < -0.4 is 5.73 Å². The summed E-state index contributed by atoms with van der Waals surface area (Å²) in [5.74, 6) is -0.730. The summed E-state index contributed by atoms with van der Waals surface area (Å²) < 4.78 is 40.5. The van der Waals surface area contributed by atoms with Gasteiger partial charge in [0, 0.05) is 30.1 Å². The molecule has 0 aromatic heterocycles. The normalized spacial score (nSPS) is 24.8. The second-order valence-corrected chi connectivity index (χ2v) is 8.84. The summed E-state index contributed by atoms with van der Waals surface area (Å²) in [6.45, 7) is 4.98. The van der Waals surface area contributed by atoms with E-state index in [1.54, 1.807) is 17.8 Å². The fraction of sp³-hybridized carbons (Fsp3) is 0.538. The number of nitrogens with two attached hydrogens (primary N) is 1. The second-order valence-electron chi connectivity index (χ2n) is 5.05. The molecule has 1 fully saturated rings. The Labute approximate surface area is 123 Å². The summed E-state index contributed by atoms with van der Waals surface area (Å²) in [7, 11) is -3.78. The molecule has 4 nitrogen and oxygen atoms in total. The molecule has 0 bridgehead atoms. The van der Waals surface area contributed by atoms with E-state index in [9.17, 15) is 12.8 Å². The van der Waals surface area contributed by atoms with E-state index in [4.69, 9.17) is 5.73 Å². The largest absolute Gasteiger partial charge is 0.326 e. The first-order valence-electron chi connectivity index (χ1n) is 6.48. The average molecular weight is 318 g/mol. The van der Waals surface area contributed by atoms with E-state index in [1.807, 2.05) is 13.8 Å². The molecule has 20 heavy (non-hydrogen) atoms. The minimum Gasteiger partial charge on any atom is -0.326 e. The molecule has 2 N–H and O–H groups in total. The lowest BCUT2D eigenvalue weighted by atomic mass is 10.2. The van der Waals surface area contributed by atoms with Gasteiger partial charge in [-0.05, 0) is 17.7 Å². The Hall–Kier alpha value is -0.630. The zero-order valence-corrected chi connectivity index (χ0v) is 13.2. The lowest BCUT2D eigenvalue weighted by molar-refractivity contribution is 0.401. The summed E-state index contributed by atoms with van der Waals surface area (Å²) in [6, 6.07) is 4.06. The van der Waals surface area contributed by atoms with E-state index in [1.165, 1.54) is 16.4 Å². The molecule has 1 saturated heterocycles. The van der Waals surface area contributed by atoms with E-state index in [2.05, 4.69) is 0 Å². The first kappa shape index (κ1) is 15.8. The van der Waals surface area contributed by atoms with Crippen molar-refractivity contribution in [1.29, 1.82) is 0 Å². The van der Waals surface area contributed by atoms with Crippen LogP contribution in [-0.4, -0.2) is 36.3 Å². The van der Waals surface area contributed by atoms with E-state index in [-0.39, 0.29) is 21.9 Å². The Kier molecular flexibility index (Phi) is 4.73. The fourth-order valence-electron chi connectivity index (χ4n) is 2.35. The van der Waals surface area contributed by atoms with Crippen LogP contribution in [0.1, 0.15) is 19.4 Å². The summed E-state index contributed by atoms with van der Waals surface area (Å²) in [4.78, 5) is -0.263. The standard InChI is InChI=1S/C13H19FN2O2S2/c1-9-7-16(8-10(2)19-9)20(17,18)13-4-3-11(6-15)5-12(13)14/h3-5,9-10H,6-8,15H2,1-2H3. The van der Waals surface area contributed by atoms with Crippen molar-refractivity contribution in [3.63, 3.8) is 0 Å². The molecule has 1 aromatic rings. The lowest BCUT2D eigenvalue weighted by Crippen LogP contribution is -2.44. The first-order chi connectivity index (χ1) is 9.34. The summed E-state index contributed by atoms with van der Waals surface area (Å²) >= 11 is 1.75. The molecule has 1 aromatic carbocycles. The van der Waals surface area contributed by atoms with Crippen molar-refractivity contribution in [2.45, 2.75) is 35.8 Å². The van der Waals surface area contributed by atoms with Crippen molar-refractivity contribution in [3.8, 4) is 0 Å². The van der Waals surface area contributed by atoms with Crippen molar-refractivity contribution >= 4 is 21.8 Å². The van der Waals surface area contributed by atoms with Gasteiger partial charge in [-0.25, -0.2) is 12.8 Å². The van der Waals surface area contributed by atoms with E-state index in [0.29, 0.717) is 18.7 Å². The van der Waals surface area contributed by atoms with Crippen LogP contribution in [0.3, 0.4) is 0 Å². The predicted octanol–water partition coefficient (Wildman–Crippen LogP) is 1.80. The maximum Gasteiger partial charge on any atom is 0.246 e. The van der Waals surface area contributed by atoms with Gasteiger partial charge < -0.3 is 5.73 Å². The number of hydrogen-bond donors (Lipinski definition) is 1. The third kappa shape index (κ3) is 3.16. The Morgan fingerprint density at radius 2 is 1.95 bits per heavy atom. The molecule has 2 rings (SSSR count). The van der Waals surface area contributed by atoms with Crippen molar-refractivity contribution in [2.24, 2.45) is 5.73 Å². The number of hydrogen-bond acceptors (Lipinski definition) is 4. The number of sulfonamides is 1. The van der Waals surface area contributed by atoms with Crippen LogP contribution in [0.25, 0.3) is 0 Å². The van der Waals surface area contributed by atoms with Crippen molar-refractivity contribution in [3.05, 3.63) is 29.6 Å². The van der Waals surface area contributed by atoms with E-state index in [0.717, 1.165) is 0 Å². The molecule has 0 aliphatic carbocycles. The van der Waals surface area contributed by atoms with Gasteiger partial charge in [-0.15, -0.1) is 0 Å². The van der Waals surface area contributed by atoms with Gasteiger partial charge in [0.2, 0.25) is 10.0 Å². The molecule has 2 atom stereocenters. The summed E-state index contributed by atoms with van der Waals surface area (Å²) in [5.41, 5.74) is 6.01. The molecule has 1 heterocycles. The van der Waals surface area contributed by atoms with Crippen LogP contribution in [0.4, 0.5) is 4.39 Å². The molecule has 7 heteroatoms. The minimum absolute atomic E-state index is 0.186. The van der Waals surface area contributed by atoms with Gasteiger partial charge in [-0.1, -0.05) is 19.9 Å². The molecular weight excluding hydrogens is 299 g/mol. The quantitative estimate of drug-likeness (QED) is 0.923. The van der Waals surface area contributed by atoms with Gasteiger partial charge in [-0.2, -0.15) is 16.1 Å². The highest BCUT2D eigenvalue weighted by Crippen LogP contribution is 2.29. The van der Waals surface area contributed by atoms with Crippen molar-refractivity contribution < 1.29 is 12.8 Å². The minimum atomic E-state index is -3.78. The molecule has 0 saturated carbocycles. The van der Waals surface area contributed by atoms with Crippen molar-refractivity contribution in [2.75, 3.05) is 13.1 Å². The monoisotopic (exact) mass is 318 g/mol. The topological polar surface area (TPSA) is 63.4 Å². The fourth-order valence-corrected chi connectivity index (χ4v) is 5.52. The Morgan fingerprint density at radius 1 is 1.35 bits per heavy atom. The summed E-state index contributed by atoms with van der Waals surface area (Å²) in [6.07, 6.45) is 0. The average Bonchev–Trinajstić information content (AvgIpc) is 2.37. The lowest BCUT2D eigenvalue weighted by Gasteiger charge is -2.33. The molecule has 1 aliphatic rings. The van der Waals surface area contributed by atoms with Gasteiger partial charge in [0.15, 0.2) is 0 Å². The van der Waals surface area contributed by atoms with Crippen LogP contribution in [0, 0.1) is 5.82 Å². The third-order valence-corrected chi connectivity index (χ3v) is 6.33. The Morgan fingerprint density at radius 3 is 2.45 bits per heavy atom. The highest BCUT2D eigenvalue weighted by atomic mass is 32.2. The molecule has 112 valence electrons. The highest BCUT2D eigenvalue weighted by Gasteiger charge is 2.33. The molecule has 0 amide bonds. The van der Waals surface area contributed by atoms with E-state index < -0.39 is 15.8 Å². The Bertz CT molecular complexity index is 582. The third-order valence-electron chi connectivity index (χ3n) is 3.24. The maximum atomic E-state index is 14.0. The number of thioether (sulfide) groups is 1. The van der Waals surface area contributed by atoms with Gasteiger partial charge in [0.1, 0.15) is 10.7 Å². The highest BCUT2D eigenvalue weighted by molar-refractivity contribution is 8.00. The van der Waals surface area contributed by atoms with Gasteiger partial charge >= 0.3 is 0 Å². The smallest absolute Gasteiger partial charge is 0.246 e. The molecule has 0 spiro atoms. The van der Waals surface area contributed by atoms with Crippen LogP contribution in [0.15, 0.2) is 23.1 Å². The number of halogens is 1. The van der Waals surface area contributed by atoms with Gasteiger partial charge in [0.25, 0.3) is 0 Å². The molecule has 0 radical (unpaired) electrons. The van der Waals surface area contributed by atoms with Crippen LogP contribution in [0.5, 0.6) is 0 Å². The number of rotatable bonds is 3.